The first-order valence-electron chi connectivity index (χ1n) is 7.62. The summed E-state index contributed by atoms with van der Waals surface area (Å²) in [5.41, 5.74) is 0. The summed E-state index contributed by atoms with van der Waals surface area (Å²) in [4.78, 5) is 13.8. The predicted molar refractivity (Wildman–Crippen MR) is 80.9 cm³/mol. The Labute approximate surface area is 123 Å². The number of nitrogens with one attached hydrogen (secondary N) is 1. The molecule has 118 valence electrons. The number of carbonyl (C=O) groups excluding carboxylic acids is 1. The number of sulfonamides is 1. The van der Waals surface area contributed by atoms with E-state index >= 15 is 0 Å². The summed E-state index contributed by atoms with van der Waals surface area (Å²) in [7, 11) is -3.15. The van der Waals surface area contributed by atoms with Gasteiger partial charge in [0.05, 0.1) is 5.75 Å². The molecule has 5 nitrogen and oxygen atoms in total. The van der Waals surface area contributed by atoms with Gasteiger partial charge in [-0.15, -0.1) is 0 Å². The van der Waals surface area contributed by atoms with Crippen molar-refractivity contribution in [3.8, 4) is 0 Å². The monoisotopic (exact) mass is 304 g/mol. The lowest BCUT2D eigenvalue weighted by molar-refractivity contribution is -0.133. The van der Waals surface area contributed by atoms with Crippen LogP contribution in [0.5, 0.6) is 0 Å². The van der Waals surface area contributed by atoms with E-state index in [9.17, 15) is 13.2 Å². The molecule has 0 atom stereocenters. The zero-order chi connectivity index (χ0) is 15.2. The molecule has 0 unspecified atom stereocenters. The lowest BCUT2D eigenvalue weighted by Gasteiger charge is -2.32. The van der Waals surface area contributed by atoms with E-state index < -0.39 is 10.0 Å². The SMILES string of the molecule is CCCCS(=O)(=O)NC1CCN(C(=O)CC(C)C)CC1. The lowest BCUT2D eigenvalue weighted by Crippen LogP contribution is -2.47. The van der Waals surface area contributed by atoms with Crippen LogP contribution in [0.2, 0.25) is 0 Å². The largest absolute Gasteiger partial charge is 0.343 e. The number of carbonyl (C=O) groups is 1. The maximum atomic E-state index is 11.9. The number of rotatable bonds is 7. The first-order valence-corrected chi connectivity index (χ1v) is 9.27. The predicted octanol–water partition coefficient (Wildman–Crippen LogP) is 1.74. The van der Waals surface area contributed by atoms with Gasteiger partial charge in [0.1, 0.15) is 0 Å². The second-order valence-corrected chi connectivity index (χ2v) is 7.92. The van der Waals surface area contributed by atoms with Crippen LogP contribution in [0.3, 0.4) is 0 Å². The molecule has 1 aliphatic heterocycles. The topological polar surface area (TPSA) is 66.5 Å². The van der Waals surface area contributed by atoms with Crippen molar-refractivity contribution < 1.29 is 13.2 Å². The van der Waals surface area contributed by atoms with Crippen molar-refractivity contribution in [2.24, 2.45) is 5.92 Å². The smallest absolute Gasteiger partial charge is 0.222 e. The quantitative estimate of drug-likeness (QED) is 0.779. The average Bonchev–Trinajstić information content (AvgIpc) is 2.36. The standard InChI is InChI=1S/C14H28N2O3S/c1-4-5-10-20(18,19)15-13-6-8-16(9-7-13)14(17)11-12(2)3/h12-13,15H,4-11H2,1-3H3. The third kappa shape index (κ3) is 6.22. The van der Waals surface area contributed by atoms with Gasteiger partial charge in [0.15, 0.2) is 0 Å². The average molecular weight is 304 g/mol. The Kier molecular flexibility index (Phi) is 6.95. The van der Waals surface area contributed by atoms with Crippen LogP contribution in [-0.4, -0.2) is 44.1 Å². The van der Waals surface area contributed by atoms with E-state index in [2.05, 4.69) is 4.72 Å². The fourth-order valence-corrected chi connectivity index (χ4v) is 3.90. The van der Waals surface area contributed by atoms with Crippen molar-refractivity contribution in [3.05, 3.63) is 0 Å². The first-order chi connectivity index (χ1) is 9.34. The number of likely N-dealkylation sites (tertiary alicyclic amines) is 1. The highest BCUT2D eigenvalue weighted by Gasteiger charge is 2.25. The zero-order valence-corrected chi connectivity index (χ0v) is 13.7. The molecule has 1 fully saturated rings. The molecule has 1 heterocycles. The molecular formula is C14H28N2O3S. The Morgan fingerprint density at radius 1 is 1.30 bits per heavy atom. The van der Waals surface area contributed by atoms with Crippen molar-refractivity contribution in [1.82, 2.24) is 9.62 Å². The van der Waals surface area contributed by atoms with Crippen molar-refractivity contribution in [2.45, 2.75) is 58.9 Å². The molecule has 0 radical (unpaired) electrons. The molecule has 0 aromatic heterocycles. The van der Waals surface area contributed by atoms with Crippen LogP contribution < -0.4 is 4.72 Å². The molecule has 0 aromatic rings. The minimum Gasteiger partial charge on any atom is -0.343 e. The molecule has 0 saturated carbocycles. The van der Waals surface area contributed by atoms with Gasteiger partial charge in [-0.25, -0.2) is 13.1 Å². The van der Waals surface area contributed by atoms with Gasteiger partial charge in [-0.05, 0) is 25.2 Å². The zero-order valence-electron chi connectivity index (χ0n) is 12.9. The molecule has 1 aliphatic rings. The van der Waals surface area contributed by atoms with Crippen LogP contribution >= 0.6 is 0 Å². The van der Waals surface area contributed by atoms with E-state index in [-0.39, 0.29) is 17.7 Å². The summed E-state index contributed by atoms with van der Waals surface area (Å²) in [5.74, 6) is 0.760. The molecule has 1 saturated heterocycles. The first kappa shape index (κ1) is 17.4. The van der Waals surface area contributed by atoms with E-state index in [0.29, 0.717) is 31.8 Å². The molecular weight excluding hydrogens is 276 g/mol. The number of piperidine rings is 1. The van der Waals surface area contributed by atoms with Gasteiger partial charge in [-0.1, -0.05) is 27.2 Å². The van der Waals surface area contributed by atoms with Crippen LogP contribution in [0, 0.1) is 5.92 Å². The van der Waals surface area contributed by atoms with E-state index in [4.69, 9.17) is 0 Å². The van der Waals surface area contributed by atoms with Gasteiger partial charge in [-0.3, -0.25) is 4.79 Å². The summed E-state index contributed by atoms with van der Waals surface area (Å²) >= 11 is 0. The highest BCUT2D eigenvalue weighted by atomic mass is 32.2. The maximum Gasteiger partial charge on any atom is 0.222 e. The molecule has 20 heavy (non-hydrogen) atoms. The van der Waals surface area contributed by atoms with E-state index in [1.54, 1.807) is 0 Å². The number of hydrogen-bond acceptors (Lipinski definition) is 3. The van der Waals surface area contributed by atoms with Gasteiger partial charge < -0.3 is 4.90 Å². The molecule has 0 aliphatic carbocycles. The van der Waals surface area contributed by atoms with Crippen molar-refractivity contribution in [2.75, 3.05) is 18.8 Å². The summed E-state index contributed by atoms with van der Waals surface area (Å²) in [6.45, 7) is 7.37. The van der Waals surface area contributed by atoms with Gasteiger partial charge >= 0.3 is 0 Å². The molecule has 1 amide bonds. The van der Waals surface area contributed by atoms with Crippen molar-refractivity contribution in [3.63, 3.8) is 0 Å². The maximum absolute atomic E-state index is 11.9. The Balaban J connectivity index is 2.37. The van der Waals surface area contributed by atoms with E-state index in [1.165, 1.54) is 0 Å². The summed E-state index contributed by atoms with van der Waals surface area (Å²) < 4.78 is 26.4. The van der Waals surface area contributed by atoms with Crippen LogP contribution in [0.15, 0.2) is 0 Å². The molecule has 1 rings (SSSR count). The van der Waals surface area contributed by atoms with Gasteiger partial charge in [-0.2, -0.15) is 0 Å². The van der Waals surface area contributed by atoms with Gasteiger partial charge in [0, 0.05) is 25.6 Å². The second-order valence-electron chi connectivity index (χ2n) is 6.04. The van der Waals surface area contributed by atoms with Crippen LogP contribution in [0.1, 0.15) is 52.9 Å². The van der Waals surface area contributed by atoms with Crippen LogP contribution in [0.4, 0.5) is 0 Å². The highest BCUT2D eigenvalue weighted by Crippen LogP contribution is 2.14. The van der Waals surface area contributed by atoms with Crippen LogP contribution in [-0.2, 0) is 14.8 Å². The fourth-order valence-electron chi connectivity index (χ4n) is 2.37. The number of nitrogens with zero attached hydrogens (tertiary/aromatic N) is 1. The number of unbranched alkanes of at least 4 members (excludes halogenated alkanes) is 1. The molecule has 6 heteroatoms. The molecule has 0 aromatic carbocycles. The fraction of sp³-hybridized carbons (Fsp3) is 0.929. The Morgan fingerprint density at radius 3 is 2.40 bits per heavy atom. The molecule has 1 N–H and O–H groups in total. The molecule has 0 bridgehead atoms. The Hall–Kier alpha value is -0.620. The minimum atomic E-state index is -3.15. The Morgan fingerprint density at radius 2 is 1.90 bits per heavy atom. The van der Waals surface area contributed by atoms with E-state index in [1.807, 2.05) is 25.7 Å². The number of hydrogen-bond donors (Lipinski definition) is 1. The van der Waals surface area contributed by atoms with Gasteiger partial charge in [0.2, 0.25) is 15.9 Å². The van der Waals surface area contributed by atoms with Crippen molar-refractivity contribution in [1.29, 1.82) is 0 Å². The lowest BCUT2D eigenvalue weighted by atomic mass is 10.0. The highest BCUT2D eigenvalue weighted by molar-refractivity contribution is 7.89. The number of amides is 1. The summed E-state index contributed by atoms with van der Waals surface area (Å²) in [6.07, 6.45) is 3.58. The normalized spacial score (nSPS) is 17.7. The Bertz CT molecular complexity index is 399. The summed E-state index contributed by atoms with van der Waals surface area (Å²) in [5, 5.41) is 0. The summed E-state index contributed by atoms with van der Waals surface area (Å²) in [6, 6.07) is -0.0139. The van der Waals surface area contributed by atoms with Crippen molar-refractivity contribution >= 4 is 15.9 Å². The third-order valence-electron chi connectivity index (χ3n) is 3.54. The second kappa shape index (κ2) is 7.98. The van der Waals surface area contributed by atoms with Gasteiger partial charge in [0.25, 0.3) is 0 Å². The van der Waals surface area contributed by atoms with Crippen LogP contribution in [0.25, 0.3) is 0 Å². The third-order valence-corrected chi connectivity index (χ3v) is 5.06. The minimum absolute atomic E-state index is 0.0139. The molecule has 0 spiro atoms. The van der Waals surface area contributed by atoms with E-state index in [0.717, 1.165) is 19.3 Å².